The van der Waals surface area contributed by atoms with Gasteiger partial charge >= 0.3 is 5.97 Å². The molecule has 35 heavy (non-hydrogen) atoms. The maximum Gasteiger partial charge on any atom is 0.308 e. The zero-order chi connectivity index (χ0) is 26.0. The number of rotatable bonds is 6. The van der Waals surface area contributed by atoms with Crippen LogP contribution in [0.15, 0.2) is 23.3 Å². The van der Waals surface area contributed by atoms with Crippen molar-refractivity contribution in [1.29, 1.82) is 0 Å². The van der Waals surface area contributed by atoms with Crippen molar-refractivity contribution in [2.45, 2.75) is 120 Å². The van der Waals surface area contributed by atoms with Gasteiger partial charge in [0.05, 0.1) is 13.0 Å². The van der Waals surface area contributed by atoms with Crippen LogP contribution in [0.4, 0.5) is 0 Å². The van der Waals surface area contributed by atoms with Crippen molar-refractivity contribution in [2.75, 3.05) is 7.11 Å². The molecular weight excluding hydrogens is 428 g/mol. The highest BCUT2D eigenvalue weighted by Gasteiger charge is 2.64. The average molecular weight is 483 g/mol. The van der Waals surface area contributed by atoms with Gasteiger partial charge in [0.1, 0.15) is 0 Å². The summed E-state index contributed by atoms with van der Waals surface area (Å²) in [7, 11) is 1.59. The predicted molar refractivity (Wildman–Crippen MR) is 147 cm³/mol. The van der Waals surface area contributed by atoms with E-state index in [0.29, 0.717) is 22.7 Å². The lowest BCUT2D eigenvalue weighted by molar-refractivity contribution is -0.150. The molecule has 2 heteroatoms. The summed E-state index contributed by atoms with van der Waals surface area (Å²) in [5.74, 6) is 2.51. The summed E-state index contributed by atoms with van der Waals surface area (Å²) in [5.41, 5.74) is 6.07. The molecule has 2 saturated carbocycles. The fourth-order valence-electron chi connectivity index (χ4n) is 9.86. The third kappa shape index (κ3) is 3.90. The van der Waals surface area contributed by atoms with Crippen LogP contribution in [0.25, 0.3) is 0 Å². The first kappa shape index (κ1) is 27.0. The van der Waals surface area contributed by atoms with Gasteiger partial charge in [0, 0.05) is 0 Å². The van der Waals surface area contributed by atoms with Crippen molar-refractivity contribution >= 4 is 5.97 Å². The second-order valence-electron chi connectivity index (χ2n) is 14.6. The summed E-state index contributed by atoms with van der Waals surface area (Å²) in [6.45, 7) is 23.9. The van der Waals surface area contributed by atoms with Crippen LogP contribution < -0.4 is 0 Å². The van der Waals surface area contributed by atoms with Gasteiger partial charge < -0.3 is 4.74 Å². The van der Waals surface area contributed by atoms with E-state index in [1.807, 2.05) is 11.1 Å². The van der Waals surface area contributed by atoms with Gasteiger partial charge in [0.2, 0.25) is 0 Å². The Morgan fingerprint density at radius 1 is 1.00 bits per heavy atom. The smallest absolute Gasteiger partial charge is 0.308 e. The highest BCUT2D eigenvalue weighted by atomic mass is 16.5. The average Bonchev–Trinajstić information content (AvgIpc) is 3.08. The largest absolute Gasteiger partial charge is 0.469 e. The van der Waals surface area contributed by atoms with E-state index in [0.717, 1.165) is 31.1 Å². The molecule has 198 valence electrons. The summed E-state index contributed by atoms with van der Waals surface area (Å²) >= 11 is 0. The number of hydrogen-bond acceptors (Lipinski definition) is 2. The second-order valence-corrected chi connectivity index (χ2v) is 14.6. The van der Waals surface area contributed by atoms with Gasteiger partial charge in [-0.05, 0) is 116 Å². The number of carbonyl (C=O) groups excluding carboxylic acids is 1. The minimum Gasteiger partial charge on any atom is -0.469 e. The zero-order valence-corrected chi connectivity index (χ0v) is 24.5. The summed E-state index contributed by atoms with van der Waals surface area (Å²) in [6.07, 6.45) is 12.2. The van der Waals surface area contributed by atoms with Gasteiger partial charge in [-0.2, -0.15) is 0 Å². The number of methoxy groups -OCH3 is 1. The number of fused-ring (bicyclic) bond motifs is 4. The number of ether oxygens (including phenoxy) is 1. The van der Waals surface area contributed by atoms with Crippen molar-refractivity contribution in [3.05, 3.63) is 23.3 Å². The second kappa shape index (κ2) is 9.05. The molecule has 0 aromatic heterocycles. The van der Waals surface area contributed by atoms with Gasteiger partial charge in [0.25, 0.3) is 0 Å². The van der Waals surface area contributed by atoms with Crippen molar-refractivity contribution in [2.24, 2.45) is 51.2 Å². The highest BCUT2D eigenvalue weighted by Crippen LogP contribution is 2.73. The summed E-state index contributed by atoms with van der Waals surface area (Å²) < 4.78 is 5.43. The molecule has 4 aliphatic carbocycles. The van der Waals surface area contributed by atoms with E-state index in [1.165, 1.54) is 50.5 Å². The standard InChI is InChI=1S/C33H54O2/c1-21(2)22(3)11-12-24(29(34)35-10)25-16-19-33(9)27-13-14-28-30(5,6)23(4)15-18-31(28,7)26(27)17-20-32(25,33)8/h22-25,28H,1,11-20H2,2-10H3/t22-,23+,24-,25-,28-,31+,32-,33+/m0/s1. The van der Waals surface area contributed by atoms with Crippen LogP contribution in [0.1, 0.15) is 120 Å². The van der Waals surface area contributed by atoms with E-state index in [4.69, 9.17) is 4.74 Å². The van der Waals surface area contributed by atoms with E-state index in [-0.39, 0.29) is 22.7 Å². The molecule has 0 aliphatic heterocycles. The molecule has 2 nitrogen and oxygen atoms in total. The first-order valence-corrected chi connectivity index (χ1v) is 14.7. The van der Waals surface area contributed by atoms with Crippen molar-refractivity contribution < 1.29 is 9.53 Å². The molecule has 0 N–H and O–H groups in total. The first-order valence-electron chi connectivity index (χ1n) is 14.7. The lowest BCUT2D eigenvalue weighted by Crippen LogP contribution is -2.53. The summed E-state index contributed by atoms with van der Waals surface area (Å²) in [4.78, 5) is 13.2. The van der Waals surface area contributed by atoms with Gasteiger partial charge in [0.15, 0.2) is 0 Å². The van der Waals surface area contributed by atoms with Gasteiger partial charge in [-0.3, -0.25) is 4.79 Å². The summed E-state index contributed by atoms with van der Waals surface area (Å²) in [6, 6.07) is 0. The Bertz CT molecular complexity index is 895. The molecular formula is C33H54O2. The van der Waals surface area contributed by atoms with Gasteiger partial charge in [-0.1, -0.05) is 71.8 Å². The van der Waals surface area contributed by atoms with E-state index >= 15 is 0 Å². The number of carbonyl (C=O) groups is 1. The maximum atomic E-state index is 13.2. The van der Waals surface area contributed by atoms with Crippen molar-refractivity contribution in [1.82, 2.24) is 0 Å². The molecule has 2 fully saturated rings. The Kier molecular flexibility index (Phi) is 6.98. The summed E-state index contributed by atoms with van der Waals surface area (Å²) in [5, 5.41) is 0. The van der Waals surface area contributed by atoms with E-state index < -0.39 is 0 Å². The van der Waals surface area contributed by atoms with Crippen LogP contribution in [0, 0.1) is 51.2 Å². The molecule has 0 aromatic carbocycles. The third-order valence-electron chi connectivity index (χ3n) is 13.1. The predicted octanol–water partition coefficient (Wildman–Crippen LogP) is 9.15. The Balaban J connectivity index is 1.68. The van der Waals surface area contributed by atoms with Crippen LogP contribution in [0.2, 0.25) is 0 Å². The van der Waals surface area contributed by atoms with Crippen LogP contribution in [0.3, 0.4) is 0 Å². The Labute approximate surface area is 216 Å². The number of allylic oxidation sites excluding steroid dienone is 3. The zero-order valence-electron chi connectivity index (χ0n) is 24.5. The molecule has 0 heterocycles. The van der Waals surface area contributed by atoms with Crippen LogP contribution in [-0.4, -0.2) is 13.1 Å². The minimum atomic E-state index is 0.0113. The van der Waals surface area contributed by atoms with E-state index in [2.05, 4.69) is 62.0 Å². The SMILES string of the molecule is C=C(C)[C@@H](C)CC[C@H](C(=O)OC)[C@@H]1CC[C@]2(C)C3=C(CC[C@@]12C)[C@@]1(C)CC[C@@H](C)C(C)(C)[C@@H]1CC3. The molecule has 0 radical (unpaired) electrons. The van der Waals surface area contributed by atoms with Gasteiger partial charge in [-0.25, -0.2) is 0 Å². The number of esters is 1. The molecule has 0 bridgehead atoms. The first-order chi connectivity index (χ1) is 16.2. The Morgan fingerprint density at radius 3 is 2.31 bits per heavy atom. The maximum absolute atomic E-state index is 13.2. The van der Waals surface area contributed by atoms with Crippen molar-refractivity contribution in [3.8, 4) is 0 Å². The molecule has 0 unspecified atom stereocenters. The molecule has 0 aromatic rings. The van der Waals surface area contributed by atoms with Gasteiger partial charge in [-0.15, -0.1) is 0 Å². The van der Waals surface area contributed by atoms with Crippen LogP contribution in [-0.2, 0) is 9.53 Å². The highest BCUT2D eigenvalue weighted by molar-refractivity contribution is 5.73. The minimum absolute atomic E-state index is 0.0113. The fraction of sp³-hybridized carbons (Fsp3) is 0.848. The molecule has 0 amide bonds. The van der Waals surface area contributed by atoms with Crippen LogP contribution >= 0.6 is 0 Å². The third-order valence-corrected chi connectivity index (χ3v) is 13.1. The lowest BCUT2D eigenvalue weighted by atomic mass is 9.42. The topological polar surface area (TPSA) is 26.3 Å². The Morgan fingerprint density at radius 2 is 1.69 bits per heavy atom. The lowest BCUT2D eigenvalue weighted by Gasteiger charge is -2.62. The molecule has 0 saturated heterocycles. The van der Waals surface area contributed by atoms with Crippen LogP contribution in [0.5, 0.6) is 0 Å². The monoisotopic (exact) mass is 482 g/mol. The molecule has 8 atom stereocenters. The molecule has 4 rings (SSSR count). The van der Waals surface area contributed by atoms with E-state index in [9.17, 15) is 4.79 Å². The normalized spacial score (nSPS) is 41.9. The number of hydrogen-bond donors (Lipinski definition) is 0. The van der Waals surface area contributed by atoms with E-state index in [1.54, 1.807) is 7.11 Å². The Hall–Kier alpha value is -1.05. The van der Waals surface area contributed by atoms with Crippen molar-refractivity contribution in [3.63, 3.8) is 0 Å². The quantitative estimate of drug-likeness (QED) is 0.278. The molecule has 0 spiro atoms. The molecule has 4 aliphatic rings. The fourth-order valence-corrected chi connectivity index (χ4v) is 9.86.